The molecular formula is C18H22BrN5O2. The Morgan fingerprint density at radius 2 is 2.04 bits per heavy atom. The van der Waals surface area contributed by atoms with Crippen molar-refractivity contribution in [1.29, 1.82) is 0 Å². The van der Waals surface area contributed by atoms with Crippen LogP contribution >= 0.6 is 15.9 Å². The Hall–Kier alpha value is -2.19. The molecule has 1 aromatic heterocycles. The van der Waals surface area contributed by atoms with Crippen LogP contribution in [0.4, 0.5) is 11.5 Å². The lowest BCUT2D eigenvalue weighted by Gasteiger charge is -2.34. The molecule has 1 aliphatic rings. The van der Waals surface area contributed by atoms with Crippen LogP contribution in [0.1, 0.15) is 5.56 Å². The number of nitrogens with one attached hydrogen (secondary N) is 1. The molecule has 0 unspecified atom stereocenters. The van der Waals surface area contributed by atoms with E-state index < -0.39 is 0 Å². The minimum Gasteiger partial charge on any atom is -0.480 e. The molecule has 26 heavy (non-hydrogen) atoms. The molecule has 1 aromatic carbocycles. The van der Waals surface area contributed by atoms with Crippen molar-refractivity contribution in [3.8, 4) is 5.88 Å². The van der Waals surface area contributed by atoms with Crippen molar-refractivity contribution in [2.45, 2.75) is 6.92 Å². The summed E-state index contributed by atoms with van der Waals surface area (Å²) in [6, 6.07) is 5.83. The van der Waals surface area contributed by atoms with Crippen molar-refractivity contribution in [3.63, 3.8) is 0 Å². The van der Waals surface area contributed by atoms with Crippen molar-refractivity contribution in [2.24, 2.45) is 0 Å². The van der Waals surface area contributed by atoms with Gasteiger partial charge in [-0.05, 0) is 30.7 Å². The molecule has 1 aliphatic heterocycles. The number of rotatable bonds is 5. The van der Waals surface area contributed by atoms with Gasteiger partial charge in [-0.15, -0.1) is 0 Å². The first kappa shape index (κ1) is 18.6. The zero-order valence-corrected chi connectivity index (χ0v) is 16.5. The van der Waals surface area contributed by atoms with Gasteiger partial charge >= 0.3 is 0 Å². The molecular weight excluding hydrogens is 398 g/mol. The Kier molecular flexibility index (Phi) is 6.05. The van der Waals surface area contributed by atoms with E-state index in [-0.39, 0.29) is 5.91 Å². The summed E-state index contributed by atoms with van der Waals surface area (Å²) in [6.07, 6.45) is 3.33. The molecule has 0 saturated carbocycles. The SMILES string of the molecule is COc1cncc(N2CCN(CC(=O)Nc3ccc(Br)cc3C)CC2)n1. The molecule has 0 aliphatic carbocycles. The van der Waals surface area contributed by atoms with Crippen LogP contribution in [0.25, 0.3) is 0 Å². The number of amides is 1. The molecule has 1 fully saturated rings. The molecule has 0 bridgehead atoms. The number of hydrogen-bond acceptors (Lipinski definition) is 6. The third-order valence-electron chi connectivity index (χ3n) is 4.33. The largest absolute Gasteiger partial charge is 0.480 e. The molecule has 138 valence electrons. The van der Waals surface area contributed by atoms with Gasteiger partial charge in [-0.25, -0.2) is 0 Å². The molecule has 1 N–H and O–H groups in total. The maximum Gasteiger partial charge on any atom is 0.238 e. The number of anilines is 2. The van der Waals surface area contributed by atoms with E-state index in [4.69, 9.17) is 4.74 Å². The third-order valence-corrected chi connectivity index (χ3v) is 4.83. The van der Waals surface area contributed by atoms with Gasteiger partial charge in [0.25, 0.3) is 0 Å². The highest BCUT2D eigenvalue weighted by Crippen LogP contribution is 2.20. The van der Waals surface area contributed by atoms with Crippen LogP contribution in [0.2, 0.25) is 0 Å². The molecule has 2 heterocycles. The number of hydrogen-bond donors (Lipinski definition) is 1. The number of piperazine rings is 1. The van der Waals surface area contributed by atoms with Crippen LogP contribution in [-0.4, -0.2) is 60.6 Å². The number of halogens is 1. The first-order chi connectivity index (χ1) is 12.5. The van der Waals surface area contributed by atoms with E-state index in [1.807, 2.05) is 25.1 Å². The lowest BCUT2D eigenvalue weighted by Crippen LogP contribution is -2.49. The summed E-state index contributed by atoms with van der Waals surface area (Å²) < 4.78 is 6.13. The van der Waals surface area contributed by atoms with Gasteiger partial charge in [0, 0.05) is 36.3 Å². The molecule has 2 aromatic rings. The molecule has 0 radical (unpaired) electrons. The monoisotopic (exact) mass is 419 g/mol. The zero-order valence-electron chi connectivity index (χ0n) is 14.9. The number of carbonyl (C=O) groups excluding carboxylic acids is 1. The minimum atomic E-state index is 0.00467. The van der Waals surface area contributed by atoms with Crippen molar-refractivity contribution < 1.29 is 9.53 Å². The Labute approximate surface area is 161 Å². The van der Waals surface area contributed by atoms with Crippen LogP contribution in [0.5, 0.6) is 5.88 Å². The Bertz CT molecular complexity index is 778. The lowest BCUT2D eigenvalue weighted by molar-refractivity contribution is -0.117. The summed E-state index contributed by atoms with van der Waals surface area (Å²) >= 11 is 3.43. The molecule has 0 spiro atoms. The van der Waals surface area contributed by atoms with E-state index in [0.29, 0.717) is 12.4 Å². The van der Waals surface area contributed by atoms with E-state index >= 15 is 0 Å². The summed E-state index contributed by atoms with van der Waals surface area (Å²) in [7, 11) is 1.58. The highest BCUT2D eigenvalue weighted by Gasteiger charge is 2.20. The van der Waals surface area contributed by atoms with Gasteiger partial charge in [0.2, 0.25) is 11.8 Å². The Morgan fingerprint density at radius 3 is 2.73 bits per heavy atom. The number of benzene rings is 1. The van der Waals surface area contributed by atoms with E-state index in [1.165, 1.54) is 0 Å². The van der Waals surface area contributed by atoms with Gasteiger partial charge in [-0.3, -0.25) is 14.7 Å². The van der Waals surface area contributed by atoms with E-state index in [2.05, 4.69) is 41.0 Å². The number of aryl methyl sites for hydroxylation is 1. The van der Waals surface area contributed by atoms with Crippen LogP contribution in [0.3, 0.4) is 0 Å². The number of nitrogens with zero attached hydrogens (tertiary/aromatic N) is 4. The molecule has 1 saturated heterocycles. The Morgan fingerprint density at radius 1 is 1.27 bits per heavy atom. The topological polar surface area (TPSA) is 70.6 Å². The first-order valence-electron chi connectivity index (χ1n) is 8.44. The van der Waals surface area contributed by atoms with E-state index in [1.54, 1.807) is 19.5 Å². The second-order valence-corrected chi connectivity index (χ2v) is 7.11. The highest BCUT2D eigenvalue weighted by atomic mass is 79.9. The highest BCUT2D eigenvalue weighted by molar-refractivity contribution is 9.10. The second-order valence-electron chi connectivity index (χ2n) is 6.19. The van der Waals surface area contributed by atoms with Crippen molar-refractivity contribution >= 4 is 33.3 Å². The summed E-state index contributed by atoms with van der Waals surface area (Å²) in [5.74, 6) is 1.32. The molecule has 3 rings (SSSR count). The minimum absolute atomic E-state index is 0.00467. The predicted octanol–water partition coefficient (Wildman–Crippen LogP) is 2.32. The van der Waals surface area contributed by atoms with Crippen LogP contribution in [0.15, 0.2) is 35.1 Å². The number of methoxy groups -OCH3 is 1. The molecule has 8 heteroatoms. The molecule has 7 nitrogen and oxygen atoms in total. The van der Waals surface area contributed by atoms with Crippen molar-refractivity contribution in [3.05, 3.63) is 40.6 Å². The maximum atomic E-state index is 12.3. The van der Waals surface area contributed by atoms with Gasteiger partial charge in [0.05, 0.1) is 26.0 Å². The standard InChI is InChI=1S/C18H22BrN5O2/c1-13-9-14(19)3-4-15(13)21-17(25)12-23-5-7-24(8-6-23)16-10-20-11-18(22-16)26-2/h3-4,9-11H,5-8,12H2,1-2H3,(H,21,25). The number of carbonyl (C=O) groups is 1. The van der Waals surface area contributed by atoms with Gasteiger partial charge in [0.15, 0.2) is 5.82 Å². The third kappa shape index (κ3) is 4.70. The average Bonchev–Trinajstić information content (AvgIpc) is 2.65. The van der Waals surface area contributed by atoms with Gasteiger partial charge in [0.1, 0.15) is 0 Å². The van der Waals surface area contributed by atoms with Gasteiger partial charge in [-0.1, -0.05) is 15.9 Å². The fourth-order valence-electron chi connectivity index (χ4n) is 2.88. The van der Waals surface area contributed by atoms with Crippen molar-refractivity contribution in [2.75, 3.05) is 50.1 Å². The van der Waals surface area contributed by atoms with Gasteiger partial charge < -0.3 is 15.0 Å². The normalized spacial score (nSPS) is 15.0. The number of aromatic nitrogens is 2. The van der Waals surface area contributed by atoms with E-state index in [0.717, 1.165) is 47.7 Å². The first-order valence-corrected chi connectivity index (χ1v) is 9.24. The smallest absolute Gasteiger partial charge is 0.238 e. The van der Waals surface area contributed by atoms with Gasteiger partial charge in [-0.2, -0.15) is 4.98 Å². The van der Waals surface area contributed by atoms with E-state index in [9.17, 15) is 4.79 Å². The summed E-state index contributed by atoms with van der Waals surface area (Å²) in [5, 5.41) is 2.99. The maximum absolute atomic E-state index is 12.3. The summed E-state index contributed by atoms with van der Waals surface area (Å²) in [5.41, 5.74) is 1.89. The molecule has 1 amide bonds. The fraction of sp³-hybridized carbons (Fsp3) is 0.389. The molecule has 0 atom stereocenters. The van der Waals surface area contributed by atoms with Crippen molar-refractivity contribution in [1.82, 2.24) is 14.9 Å². The summed E-state index contributed by atoms with van der Waals surface area (Å²) in [4.78, 5) is 25.2. The summed E-state index contributed by atoms with van der Waals surface area (Å²) in [6.45, 7) is 5.55. The van der Waals surface area contributed by atoms with Crippen LogP contribution < -0.4 is 15.0 Å². The Balaban J connectivity index is 1.51. The average molecular weight is 420 g/mol. The van der Waals surface area contributed by atoms with Crippen LogP contribution in [0, 0.1) is 6.92 Å². The zero-order chi connectivity index (χ0) is 18.5. The number of ether oxygens (including phenoxy) is 1. The van der Waals surface area contributed by atoms with Crippen LogP contribution in [-0.2, 0) is 4.79 Å². The lowest BCUT2D eigenvalue weighted by atomic mass is 10.2. The fourth-order valence-corrected chi connectivity index (χ4v) is 3.36. The second kappa shape index (κ2) is 8.46. The predicted molar refractivity (Wildman–Crippen MR) is 105 cm³/mol. The quantitative estimate of drug-likeness (QED) is 0.801.